The van der Waals surface area contributed by atoms with Gasteiger partial charge in [0.05, 0.1) is 15.6 Å². The van der Waals surface area contributed by atoms with Gasteiger partial charge in [-0.25, -0.2) is 4.98 Å². The third-order valence-corrected chi connectivity index (χ3v) is 5.01. The van der Waals surface area contributed by atoms with Gasteiger partial charge in [-0.15, -0.1) is 0 Å². The lowest BCUT2D eigenvalue weighted by atomic mass is 9.98. The van der Waals surface area contributed by atoms with Gasteiger partial charge in [-0.05, 0) is 30.9 Å². The Hall–Kier alpha value is -2.41. The molecular weight excluding hydrogens is 330 g/mol. The molecule has 0 saturated carbocycles. The highest BCUT2D eigenvalue weighted by atomic mass is 35.5. The van der Waals surface area contributed by atoms with Crippen LogP contribution >= 0.6 is 11.6 Å². The van der Waals surface area contributed by atoms with Crippen molar-refractivity contribution in [2.24, 2.45) is 7.05 Å². The summed E-state index contributed by atoms with van der Waals surface area (Å²) in [5, 5.41) is 15.9. The van der Waals surface area contributed by atoms with E-state index in [0.717, 1.165) is 25.0 Å². The van der Waals surface area contributed by atoms with Crippen molar-refractivity contribution in [1.82, 2.24) is 14.8 Å². The number of rotatable bonds is 3. The first-order chi connectivity index (χ1) is 11.5. The van der Waals surface area contributed by atoms with Crippen molar-refractivity contribution in [2.45, 2.75) is 31.3 Å². The van der Waals surface area contributed by atoms with Gasteiger partial charge in [0.15, 0.2) is 0 Å². The van der Waals surface area contributed by atoms with E-state index < -0.39 is 4.92 Å². The van der Waals surface area contributed by atoms with Crippen molar-refractivity contribution >= 4 is 28.7 Å². The van der Waals surface area contributed by atoms with Gasteiger partial charge in [-0.1, -0.05) is 17.7 Å². The zero-order chi connectivity index (χ0) is 16.8. The Kier molecular flexibility index (Phi) is 3.53. The molecule has 2 aliphatic heterocycles. The summed E-state index contributed by atoms with van der Waals surface area (Å²) in [6.45, 7) is 0. The summed E-state index contributed by atoms with van der Waals surface area (Å²) in [5.74, 6) is 0.414. The zero-order valence-electron chi connectivity index (χ0n) is 13.1. The van der Waals surface area contributed by atoms with Crippen molar-refractivity contribution in [1.29, 1.82) is 0 Å². The first-order valence-electron chi connectivity index (χ1n) is 7.82. The molecule has 2 aliphatic rings. The Morgan fingerprint density at radius 2 is 2.25 bits per heavy atom. The molecule has 7 nitrogen and oxygen atoms in total. The van der Waals surface area contributed by atoms with Crippen LogP contribution in [-0.4, -0.2) is 31.8 Å². The Morgan fingerprint density at radius 1 is 1.42 bits per heavy atom. The molecule has 8 heteroatoms. The predicted molar refractivity (Wildman–Crippen MR) is 91.0 cm³/mol. The van der Waals surface area contributed by atoms with Crippen LogP contribution in [0.15, 0.2) is 30.6 Å². The molecule has 24 heavy (non-hydrogen) atoms. The molecule has 4 heterocycles. The number of aryl methyl sites for hydroxylation is 1. The van der Waals surface area contributed by atoms with E-state index in [1.165, 1.54) is 17.8 Å². The van der Waals surface area contributed by atoms with Crippen molar-refractivity contribution in [2.75, 3.05) is 4.90 Å². The molecule has 0 aromatic carbocycles. The average molecular weight is 346 g/mol. The fourth-order valence-electron chi connectivity index (χ4n) is 3.79. The van der Waals surface area contributed by atoms with E-state index >= 15 is 0 Å². The summed E-state index contributed by atoms with van der Waals surface area (Å²) in [5.41, 5.74) is 2.32. The number of pyridine rings is 1. The second-order valence-electron chi connectivity index (χ2n) is 6.20. The summed E-state index contributed by atoms with van der Waals surface area (Å²) in [6, 6.07) is 3.70. The minimum Gasteiger partial charge on any atom is -0.341 e. The largest absolute Gasteiger partial charge is 0.341 e. The topological polar surface area (TPSA) is 77.1 Å². The number of anilines is 1. The summed E-state index contributed by atoms with van der Waals surface area (Å²) < 4.78 is 1.87. The van der Waals surface area contributed by atoms with E-state index in [4.69, 9.17) is 11.6 Å². The molecule has 124 valence electrons. The fourth-order valence-corrected chi connectivity index (χ4v) is 3.95. The third-order valence-electron chi connectivity index (χ3n) is 4.80. The molecule has 4 rings (SSSR count). The molecule has 0 N–H and O–H groups in total. The SMILES string of the molecule is Cn1nccc1C1=C[C@H]2CC[C@@H](C1)N2c1ncc(Cl)cc1[N+](=O)[O-]. The number of aromatic nitrogens is 3. The highest BCUT2D eigenvalue weighted by Gasteiger charge is 2.40. The van der Waals surface area contributed by atoms with E-state index in [9.17, 15) is 10.1 Å². The number of halogens is 1. The number of hydrogen-bond donors (Lipinski definition) is 0. The van der Waals surface area contributed by atoms with Gasteiger partial charge in [0.1, 0.15) is 0 Å². The first-order valence-corrected chi connectivity index (χ1v) is 8.19. The highest BCUT2D eigenvalue weighted by Crippen LogP contribution is 2.43. The van der Waals surface area contributed by atoms with Gasteiger partial charge in [-0.2, -0.15) is 5.10 Å². The summed E-state index contributed by atoms with van der Waals surface area (Å²) >= 11 is 5.89. The molecule has 2 aromatic rings. The van der Waals surface area contributed by atoms with Gasteiger partial charge in [0.25, 0.3) is 0 Å². The molecule has 1 fully saturated rings. The molecule has 0 radical (unpaired) electrons. The molecule has 0 aliphatic carbocycles. The second-order valence-corrected chi connectivity index (χ2v) is 6.63. The van der Waals surface area contributed by atoms with Gasteiger partial charge in [0, 0.05) is 37.6 Å². The predicted octanol–water partition coefficient (Wildman–Crippen LogP) is 3.20. The Bertz CT molecular complexity index is 847. The Balaban J connectivity index is 1.74. The van der Waals surface area contributed by atoms with Crippen LogP contribution < -0.4 is 4.90 Å². The lowest BCUT2D eigenvalue weighted by Crippen LogP contribution is -2.39. The molecule has 0 amide bonds. The number of hydrogen-bond acceptors (Lipinski definition) is 5. The minimum atomic E-state index is -0.409. The number of nitrogens with zero attached hydrogens (tertiary/aromatic N) is 5. The summed E-state index contributed by atoms with van der Waals surface area (Å²) in [6.07, 6.45) is 8.25. The van der Waals surface area contributed by atoms with E-state index in [-0.39, 0.29) is 22.8 Å². The summed E-state index contributed by atoms with van der Waals surface area (Å²) in [4.78, 5) is 17.3. The second kappa shape index (κ2) is 5.59. The van der Waals surface area contributed by atoms with Gasteiger partial charge in [0.2, 0.25) is 5.82 Å². The van der Waals surface area contributed by atoms with Crippen LogP contribution in [0.4, 0.5) is 11.5 Å². The summed E-state index contributed by atoms with van der Waals surface area (Å²) in [7, 11) is 1.93. The van der Waals surface area contributed by atoms with E-state index in [0.29, 0.717) is 5.82 Å². The maximum atomic E-state index is 11.4. The highest BCUT2D eigenvalue weighted by molar-refractivity contribution is 6.30. The maximum Gasteiger partial charge on any atom is 0.313 e. The van der Waals surface area contributed by atoms with Crippen LogP contribution in [0.5, 0.6) is 0 Å². The van der Waals surface area contributed by atoms with Crippen molar-refractivity contribution in [3.05, 3.63) is 51.4 Å². The molecule has 2 aromatic heterocycles. The van der Waals surface area contributed by atoms with Gasteiger partial charge >= 0.3 is 5.69 Å². The van der Waals surface area contributed by atoms with Crippen molar-refractivity contribution < 1.29 is 4.92 Å². The van der Waals surface area contributed by atoms with Crippen LogP contribution in [0.3, 0.4) is 0 Å². The minimum absolute atomic E-state index is 0.0308. The lowest BCUT2D eigenvalue weighted by molar-refractivity contribution is -0.384. The fraction of sp³-hybridized carbons (Fsp3) is 0.375. The van der Waals surface area contributed by atoms with E-state index in [1.807, 2.05) is 17.8 Å². The molecule has 1 saturated heterocycles. The Morgan fingerprint density at radius 3 is 2.92 bits per heavy atom. The van der Waals surface area contributed by atoms with Crippen LogP contribution in [0, 0.1) is 10.1 Å². The monoisotopic (exact) mass is 345 g/mol. The van der Waals surface area contributed by atoms with Crippen molar-refractivity contribution in [3.63, 3.8) is 0 Å². The van der Waals surface area contributed by atoms with Crippen LogP contribution in [-0.2, 0) is 7.05 Å². The average Bonchev–Trinajstić information content (AvgIpc) is 3.08. The first kappa shape index (κ1) is 15.1. The smallest absolute Gasteiger partial charge is 0.313 e. The molecule has 2 atom stereocenters. The van der Waals surface area contributed by atoms with E-state index in [1.54, 1.807) is 6.20 Å². The molecule has 2 bridgehead atoms. The third kappa shape index (κ3) is 2.36. The normalized spacial score (nSPS) is 22.6. The van der Waals surface area contributed by atoms with Gasteiger partial charge in [-0.3, -0.25) is 14.8 Å². The molecule has 0 spiro atoms. The maximum absolute atomic E-state index is 11.4. The molecule has 0 unspecified atom stereocenters. The number of fused-ring (bicyclic) bond motifs is 2. The zero-order valence-corrected chi connectivity index (χ0v) is 13.8. The molecular formula is C16H16ClN5O2. The number of nitro groups is 1. The van der Waals surface area contributed by atoms with Gasteiger partial charge < -0.3 is 4.90 Å². The lowest BCUT2D eigenvalue weighted by Gasteiger charge is -2.34. The Labute approximate surface area is 143 Å². The van der Waals surface area contributed by atoms with Crippen LogP contribution in [0.2, 0.25) is 5.02 Å². The van der Waals surface area contributed by atoms with Crippen molar-refractivity contribution in [3.8, 4) is 0 Å². The van der Waals surface area contributed by atoms with E-state index in [2.05, 4.69) is 21.1 Å². The van der Waals surface area contributed by atoms with Crippen LogP contribution in [0.25, 0.3) is 5.57 Å². The van der Waals surface area contributed by atoms with Crippen LogP contribution in [0.1, 0.15) is 25.0 Å². The standard InChI is InChI=1S/C16H16ClN5O2/c1-20-14(4-5-19-20)10-6-12-2-3-13(7-10)21(12)16-15(22(23)24)8-11(17)9-18-16/h4-6,8-9,12-13H,2-3,7H2,1H3/t12-,13+/m1/s1. The quantitative estimate of drug-likeness (QED) is 0.630.